The Labute approximate surface area is 221 Å². The van der Waals surface area contributed by atoms with Crippen LogP contribution < -0.4 is 16.4 Å². The molecule has 0 bridgehead atoms. The number of hydrogen-bond acceptors (Lipinski definition) is 8. The number of carbonyl (C=O) groups is 5. The molecule has 0 radical (unpaired) electrons. The van der Waals surface area contributed by atoms with Crippen LogP contribution in [-0.4, -0.2) is 99.1 Å². The molecule has 1 aromatic carbocycles. The summed E-state index contributed by atoms with van der Waals surface area (Å²) in [5, 5.41) is 34.3. The van der Waals surface area contributed by atoms with E-state index in [4.69, 9.17) is 10.8 Å². The summed E-state index contributed by atoms with van der Waals surface area (Å²) in [6.07, 6.45) is -0.475. The van der Waals surface area contributed by atoms with Gasteiger partial charge in [-0.25, -0.2) is 0 Å². The number of aliphatic carboxylic acids is 1. The van der Waals surface area contributed by atoms with E-state index in [2.05, 4.69) is 10.6 Å². The van der Waals surface area contributed by atoms with E-state index in [0.29, 0.717) is 18.4 Å². The number of benzene rings is 1. The molecule has 7 N–H and O–H groups in total. The van der Waals surface area contributed by atoms with Gasteiger partial charge in [-0.15, -0.1) is 0 Å². The van der Waals surface area contributed by atoms with Gasteiger partial charge in [-0.3, -0.25) is 24.0 Å². The number of nitrogens with one attached hydrogen (secondary N) is 2. The Kier molecular flexibility index (Phi) is 10.1. The molecule has 38 heavy (non-hydrogen) atoms. The number of aliphatic hydroxyl groups excluding tert-OH is 1. The summed E-state index contributed by atoms with van der Waals surface area (Å²) in [5.41, 5.74) is 6.02. The van der Waals surface area contributed by atoms with Crippen LogP contribution in [0.4, 0.5) is 5.69 Å². The Hall–Kier alpha value is -3.87. The van der Waals surface area contributed by atoms with Crippen LogP contribution in [0, 0.1) is 12.8 Å². The lowest BCUT2D eigenvalue weighted by atomic mass is 10.0. The van der Waals surface area contributed by atoms with Crippen LogP contribution in [0.3, 0.4) is 0 Å². The summed E-state index contributed by atoms with van der Waals surface area (Å²) in [7, 11) is 1.34. The summed E-state index contributed by atoms with van der Waals surface area (Å²) >= 11 is 0. The highest BCUT2D eigenvalue weighted by molar-refractivity contribution is 6.03. The largest absolute Gasteiger partial charge is 0.505 e. The molecule has 0 aliphatic carbocycles. The smallest absolute Gasteiger partial charge is 0.323 e. The van der Waals surface area contributed by atoms with Crippen LogP contribution in [0.25, 0.3) is 0 Å². The van der Waals surface area contributed by atoms with Gasteiger partial charge in [-0.05, 0) is 44.2 Å². The molecule has 13 nitrogen and oxygen atoms in total. The summed E-state index contributed by atoms with van der Waals surface area (Å²) < 4.78 is 0. The highest BCUT2D eigenvalue weighted by Gasteiger charge is 2.41. The maximum absolute atomic E-state index is 13.5. The van der Waals surface area contributed by atoms with Crippen molar-refractivity contribution in [2.75, 3.05) is 25.9 Å². The zero-order valence-corrected chi connectivity index (χ0v) is 22.2. The van der Waals surface area contributed by atoms with Gasteiger partial charge in [0.1, 0.15) is 30.4 Å². The molecule has 1 aliphatic rings. The van der Waals surface area contributed by atoms with Crippen molar-refractivity contribution in [3.8, 4) is 5.75 Å². The number of anilines is 1. The number of nitrogens with zero attached hydrogens (tertiary/aromatic N) is 2. The first-order chi connectivity index (χ1) is 17.7. The molecule has 13 heteroatoms. The lowest BCUT2D eigenvalue weighted by Gasteiger charge is -2.33. The number of carboxylic acids is 1. The SMILES string of the molecule is Cc1ccc(C(=O)NC(C(=O)NC(C(=O)N2CCCC2C(=O)N(C)CC(=O)O)C(C)C)C(C)O)c(N)c1O. The van der Waals surface area contributed by atoms with Crippen molar-refractivity contribution < 1.29 is 39.3 Å². The number of amides is 4. The van der Waals surface area contributed by atoms with Crippen molar-refractivity contribution >= 4 is 35.3 Å². The lowest BCUT2D eigenvalue weighted by molar-refractivity contribution is -0.149. The fraction of sp³-hybridized carbons (Fsp3) is 0.560. The second-order valence-corrected chi connectivity index (χ2v) is 9.89. The van der Waals surface area contributed by atoms with Crippen LogP contribution in [0.15, 0.2) is 12.1 Å². The van der Waals surface area contributed by atoms with Crippen LogP contribution in [0.1, 0.15) is 49.5 Å². The van der Waals surface area contributed by atoms with Gasteiger partial charge in [-0.1, -0.05) is 19.9 Å². The van der Waals surface area contributed by atoms with Gasteiger partial charge < -0.3 is 41.5 Å². The minimum absolute atomic E-state index is 0.0908. The summed E-state index contributed by atoms with van der Waals surface area (Å²) in [4.78, 5) is 65.6. The standard InChI is InChI=1S/C25H37N5O8/c1-12(2)19(25(38)30-10-6-7-16(30)24(37)29(5)11-17(32)33)27-23(36)20(14(4)31)28-22(35)15-9-8-13(3)21(34)18(15)26/h8-9,12,14,16,19-20,31,34H,6-7,10-11,26H2,1-5H3,(H,27,36)(H,28,35)(H,32,33). The Morgan fingerprint density at radius 1 is 1.13 bits per heavy atom. The Morgan fingerprint density at radius 2 is 1.76 bits per heavy atom. The number of hydrogen-bond donors (Lipinski definition) is 6. The summed E-state index contributed by atoms with van der Waals surface area (Å²) in [6, 6.07) is -0.560. The van der Waals surface area contributed by atoms with Gasteiger partial charge in [0, 0.05) is 13.6 Å². The van der Waals surface area contributed by atoms with Crippen LogP contribution in [-0.2, 0) is 19.2 Å². The van der Waals surface area contributed by atoms with E-state index in [9.17, 15) is 34.2 Å². The van der Waals surface area contributed by atoms with E-state index in [0.717, 1.165) is 4.90 Å². The van der Waals surface area contributed by atoms with E-state index >= 15 is 0 Å². The van der Waals surface area contributed by atoms with Crippen molar-refractivity contribution in [2.24, 2.45) is 5.92 Å². The van der Waals surface area contributed by atoms with E-state index < -0.39 is 66.3 Å². The van der Waals surface area contributed by atoms with E-state index in [1.54, 1.807) is 20.8 Å². The first-order valence-corrected chi connectivity index (χ1v) is 12.3. The first-order valence-electron chi connectivity index (χ1n) is 12.3. The van der Waals surface area contributed by atoms with Gasteiger partial charge in [0.2, 0.25) is 17.7 Å². The molecule has 0 aromatic heterocycles. The third-order valence-corrected chi connectivity index (χ3v) is 6.51. The molecule has 1 heterocycles. The van der Waals surface area contributed by atoms with Gasteiger partial charge in [0.15, 0.2) is 0 Å². The summed E-state index contributed by atoms with van der Waals surface area (Å²) in [5.74, 6) is -4.56. The van der Waals surface area contributed by atoms with Crippen LogP contribution in [0.2, 0.25) is 0 Å². The maximum Gasteiger partial charge on any atom is 0.323 e. The van der Waals surface area contributed by atoms with Crippen molar-refractivity contribution in [3.63, 3.8) is 0 Å². The second kappa shape index (κ2) is 12.6. The number of phenols is 1. The van der Waals surface area contributed by atoms with Crippen molar-refractivity contribution in [1.29, 1.82) is 0 Å². The quantitative estimate of drug-likeness (QED) is 0.168. The summed E-state index contributed by atoms with van der Waals surface area (Å²) in [6.45, 7) is 6.02. The zero-order chi connectivity index (χ0) is 28.9. The van der Waals surface area contributed by atoms with E-state index in [-0.39, 0.29) is 23.5 Å². The third kappa shape index (κ3) is 6.91. The molecule has 0 spiro atoms. The molecule has 4 atom stereocenters. The molecule has 1 fully saturated rings. The average molecular weight is 536 g/mol. The molecule has 4 amide bonds. The van der Waals surface area contributed by atoms with E-state index in [1.807, 2.05) is 0 Å². The molecular formula is C25H37N5O8. The predicted octanol–water partition coefficient (Wildman–Crippen LogP) is -0.563. The molecular weight excluding hydrogens is 498 g/mol. The fourth-order valence-corrected chi connectivity index (χ4v) is 4.30. The molecule has 1 saturated heterocycles. The lowest BCUT2D eigenvalue weighted by Crippen LogP contribution is -2.60. The van der Waals surface area contributed by atoms with Gasteiger partial charge in [0.05, 0.1) is 17.4 Å². The maximum atomic E-state index is 13.5. The third-order valence-electron chi connectivity index (χ3n) is 6.51. The number of likely N-dealkylation sites (tertiary alicyclic amines) is 1. The first kappa shape index (κ1) is 30.4. The van der Waals surface area contributed by atoms with Gasteiger partial charge in [-0.2, -0.15) is 0 Å². The highest BCUT2D eigenvalue weighted by atomic mass is 16.4. The van der Waals surface area contributed by atoms with Crippen LogP contribution in [0.5, 0.6) is 5.75 Å². The Bertz CT molecular complexity index is 1090. The fourth-order valence-electron chi connectivity index (χ4n) is 4.30. The minimum Gasteiger partial charge on any atom is -0.505 e. The number of phenolic OH excluding ortho intramolecular Hbond substituents is 1. The van der Waals surface area contributed by atoms with Gasteiger partial charge in [0.25, 0.3) is 5.91 Å². The molecule has 4 unspecified atom stereocenters. The predicted molar refractivity (Wildman–Crippen MR) is 137 cm³/mol. The average Bonchev–Trinajstić information content (AvgIpc) is 3.32. The Balaban J connectivity index is 2.21. The Morgan fingerprint density at radius 3 is 2.32 bits per heavy atom. The normalized spacial score (nSPS) is 17.4. The van der Waals surface area contributed by atoms with Crippen molar-refractivity contribution in [1.82, 2.24) is 20.4 Å². The number of likely N-dealkylation sites (N-methyl/N-ethyl adjacent to an activating group) is 1. The molecule has 2 rings (SSSR count). The van der Waals surface area contributed by atoms with Crippen molar-refractivity contribution in [2.45, 2.75) is 64.8 Å². The number of aryl methyl sites for hydroxylation is 1. The van der Waals surface area contributed by atoms with Gasteiger partial charge >= 0.3 is 5.97 Å². The number of aromatic hydroxyl groups is 1. The molecule has 0 saturated carbocycles. The number of carbonyl (C=O) groups excluding carboxylic acids is 4. The zero-order valence-electron chi connectivity index (χ0n) is 22.2. The highest BCUT2D eigenvalue weighted by Crippen LogP contribution is 2.28. The number of nitrogens with two attached hydrogens (primary N) is 1. The topological polar surface area (TPSA) is 203 Å². The number of nitrogen functional groups attached to an aromatic ring is 1. The number of carboxylic acid groups (broad SMARTS) is 1. The minimum atomic E-state index is -1.46. The van der Waals surface area contributed by atoms with E-state index in [1.165, 1.54) is 31.0 Å². The molecule has 1 aromatic rings. The molecule has 1 aliphatic heterocycles. The second-order valence-electron chi connectivity index (χ2n) is 9.89. The molecule has 210 valence electrons. The monoisotopic (exact) mass is 535 g/mol. The van der Waals surface area contributed by atoms with Crippen molar-refractivity contribution in [3.05, 3.63) is 23.3 Å². The number of aliphatic hydroxyl groups is 1. The van der Waals surface area contributed by atoms with Crippen LogP contribution >= 0.6 is 0 Å². The number of rotatable bonds is 10.